The number of aliphatic hydroxyl groups excluding tert-OH is 1. The van der Waals surface area contributed by atoms with Crippen LogP contribution in [-0.4, -0.2) is 32.7 Å². The minimum atomic E-state index is -0.717. The van der Waals surface area contributed by atoms with E-state index in [1.807, 2.05) is 53.2 Å². The van der Waals surface area contributed by atoms with Crippen LogP contribution < -0.4 is 5.32 Å². The summed E-state index contributed by atoms with van der Waals surface area (Å²) in [5.41, 5.74) is 2.50. The number of benzene rings is 2. The van der Waals surface area contributed by atoms with E-state index in [-0.39, 0.29) is 18.4 Å². The molecular formula is C23H26ClN3O2. The van der Waals surface area contributed by atoms with Crippen molar-refractivity contribution >= 4 is 17.5 Å². The van der Waals surface area contributed by atoms with Crippen molar-refractivity contribution in [3.05, 3.63) is 71.3 Å². The predicted octanol–water partition coefficient (Wildman–Crippen LogP) is 4.82. The van der Waals surface area contributed by atoms with Gasteiger partial charge in [-0.3, -0.25) is 4.79 Å². The first-order valence-electron chi connectivity index (χ1n) is 9.58. The van der Waals surface area contributed by atoms with Gasteiger partial charge in [0.25, 0.3) is 5.91 Å². The van der Waals surface area contributed by atoms with Gasteiger partial charge in [-0.1, -0.05) is 37.6 Å². The number of imidazole rings is 1. The summed E-state index contributed by atoms with van der Waals surface area (Å²) >= 11 is 6.04. The fraction of sp³-hybridized carbons (Fsp3) is 0.304. The van der Waals surface area contributed by atoms with E-state index in [0.29, 0.717) is 10.6 Å². The zero-order chi connectivity index (χ0) is 21.2. The molecule has 0 bridgehead atoms. The number of hydrogen-bond acceptors (Lipinski definition) is 3. The highest BCUT2D eigenvalue weighted by Crippen LogP contribution is 2.27. The highest BCUT2D eigenvalue weighted by atomic mass is 35.5. The number of nitrogens with zero attached hydrogens (tertiary/aromatic N) is 2. The molecule has 1 aromatic heterocycles. The van der Waals surface area contributed by atoms with Gasteiger partial charge in [0.2, 0.25) is 0 Å². The van der Waals surface area contributed by atoms with Gasteiger partial charge < -0.3 is 15.0 Å². The fourth-order valence-corrected chi connectivity index (χ4v) is 3.20. The highest BCUT2D eigenvalue weighted by molar-refractivity contribution is 6.30. The molecule has 0 radical (unpaired) electrons. The molecule has 3 aromatic rings. The van der Waals surface area contributed by atoms with Gasteiger partial charge in [-0.2, -0.15) is 0 Å². The molecule has 0 saturated carbocycles. The zero-order valence-corrected chi connectivity index (χ0v) is 17.9. The Kier molecular flexibility index (Phi) is 6.10. The van der Waals surface area contributed by atoms with Crippen LogP contribution in [0.15, 0.2) is 54.9 Å². The third-order valence-corrected chi connectivity index (χ3v) is 4.92. The van der Waals surface area contributed by atoms with Gasteiger partial charge in [0.05, 0.1) is 12.1 Å². The number of carbonyl (C=O) groups excluding carboxylic acids is 1. The van der Waals surface area contributed by atoms with Gasteiger partial charge in [0.1, 0.15) is 5.82 Å². The Morgan fingerprint density at radius 1 is 1.17 bits per heavy atom. The first kappa shape index (κ1) is 21.1. The van der Waals surface area contributed by atoms with Crippen LogP contribution in [0, 0.1) is 0 Å². The average Bonchev–Trinajstić information content (AvgIpc) is 3.18. The Morgan fingerprint density at radius 2 is 1.86 bits per heavy atom. The van der Waals surface area contributed by atoms with E-state index in [2.05, 4.69) is 24.1 Å². The largest absolute Gasteiger partial charge is 0.394 e. The molecular weight excluding hydrogens is 386 g/mol. The Labute approximate surface area is 176 Å². The average molecular weight is 412 g/mol. The zero-order valence-electron chi connectivity index (χ0n) is 17.1. The van der Waals surface area contributed by atoms with Gasteiger partial charge in [-0.25, -0.2) is 4.98 Å². The van der Waals surface area contributed by atoms with E-state index in [1.54, 1.807) is 20.0 Å². The van der Waals surface area contributed by atoms with Gasteiger partial charge in [-0.05, 0) is 55.3 Å². The number of aromatic nitrogens is 2. The summed E-state index contributed by atoms with van der Waals surface area (Å²) in [4.78, 5) is 17.4. The van der Waals surface area contributed by atoms with E-state index < -0.39 is 5.54 Å². The first-order chi connectivity index (χ1) is 13.7. The Morgan fingerprint density at radius 3 is 2.48 bits per heavy atom. The van der Waals surface area contributed by atoms with Crippen LogP contribution in [0.5, 0.6) is 0 Å². The molecule has 0 fully saturated rings. The quantitative estimate of drug-likeness (QED) is 0.611. The second-order valence-corrected chi connectivity index (χ2v) is 8.52. The standard InChI is InChI=1S/C23H26ClN3O2/c1-15(2)21-25-9-10-27(21)20-12-17(16-5-7-19(24)8-6-16)11-18(13-20)22(29)26-23(3,4)14-28/h5-13,15,28H,14H2,1-4H3,(H,26,29). The second kappa shape index (κ2) is 8.39. The molecule has 1 heterocycles. The maximum atomic E-state index is 12.9. The van der Waals surface area contributed by atoms with Crippen molar-refractivity contribution in [1.82, 2.24) is 14.9 Å². The van der Waals surface area contributed by atoms with Crippen molar-refractivity contribution < 1.29 is 9.90 Å². The number of carbonyl (C=O) groups is 1. The lowest BCUT2D eigenvalue weighted by Crippen LogP contribution is -2.46. The monoisotopic (exact) mass is 411 g/mol. The SMILES string of the molecule is CC(C)c1nccn1-c1cc(C(=O)NC(C)(C)CO)cc(-c2ccc(Cl)cc2)c1. The molecule has 152 valence electrons. The van der Waals surface area contributed by atoms with E-state index >= 15 is 0 Å². The van der Waals surface area contributed by atoms with Gasteiger partial charge in [0, 0.05) is 34.6 Å². The molecule has 1 amide bonds. The molecule has 5 nitrogen and oxygen atoms in total. The van der Waals surface area contributed by atoms with Crippen LogP contribution in [0.4, 0.5) is 0 Å². The first-order valence-corrected chi connectivity index (χ1v) is 9.96. The number of aliphatic hydroxyl groups is 1. The summed E-state index contributed by atoms with van der Waals surface area (Å²) in [6.45, 7) is 7.57. The fourth-order valence-electron chi connectivity index (χ4n) is 3.07. The van der Waals surface area contributed by atoms with Crippen LogP contribution in [0.1, 0.15) is 49.8 Å². The number of amides is 1. The molecule has 0 atom stereocenters. The lowest BCUT2D eigenvalue weighted by Gasteiger charge is -2.24. The number of rotatable bonds is 6. The molecule has 0 spiro atoms. The van der Waals surface area contributed by atoms with Crippen molar-refractivity contribution in [2.45, 2.75) is 39.2 Å². The minimum Gasteiger partial charge on any atom is -0.394 e. The lowest BCUT2D eigenvalue weighted by atomic mass is 10.00. The van der Waals surface area contributed by atoms with Crippen molar-refractivity contribution in [1.29, 1.82) is 0 Å². The predicted molar refractivity (Wildman–Crippen MR) is 117 cm³/mol. The Hall–Kier alpha value is -2.63. The third-order valence-electron chi connectivity index (χ3n) is 4.67. The molecule has 0 unspecified atom stereocenters. The van der Waals surface area contributed by atoms with Crippen molar-refractivity contribution in [3.8, 4) is 16.8 Å². The normalized spacial score (nSPS) is 11.7. The Balaban J connectivity index is 2.13. The van der Waals surface area contributed by atoms with E-state index in [4.69, 9.17) is 11.6 Å². The molecule has 0 aliphatic carbocycles. The van der Waals surface area contributed by atoms with Crippen LogP contribution >= 0.6 is 11.6 Å². The number of nitrogens with one attached hydrogen (secondary N) is 1. The van der Waals surface area contributed by atoms with Crippen molar-refractivity contribution in [2.24, 2.45) is 0 Å². The van der Waals surface area contributed by atoms with Crippen LogP contribution in [0.2, 0.25) is 5.02 Å². The van der Waals surface area contributed by atoms with Gasteiger partial charge in [0.15, 0.2) is 0 Å². The second-order valence-electron chi connectivity index (χ2n) is 8.08. The maximum absolute atomic E-state index is 12.9. The molecule has 29 heavy (non-hydrogen) atoms. The van der Waals surface area contributed by atoms with Gasteiger partial charge >= 0.3 is 0 Å². The van der Waals surface area contributed by atoms with E-state index in [9.17, 15) is 9.90 Å². The lowest BCUT2D eigenvalue weighted by molar-refractivity contribution is 0.0869. The van der Waals surface area contributed by atoms with Gasteiger partial charge in [-0.15, -0.1) is 0 Å². The molecule has 3 rings (SSSR count). The molecule has 2 aromatic carbocycles. The summed E-state index contributed by atoms with van der Waals surface area (Å²) in [5, 5.41) is 13.1. The molecule has 0 saturated heterocycles. The minimum absolute atomic E-state index is 0.151. The van der Waals surface area contributed by atoms with E-state index in [0.717, 1.165) is 22.6 Å². The summed E-state index contributed by atoms with van der Waals surface area (Å²) in [6, 6.07) is 13.2. The van der Waals surface area contributed by atoms with E-state index in [1.165, 1.54) is 0 Å². The summed E-state index contributed by atoms with van der Waals surface area (Å²) < 4.78 is 2.00. The summed E-state index contributed by atoms with van der Waals surface area (Å²) in [6.07, 6.45) is 3.66. The summed E-state index contributed by atoms with van der Waals surface area (Å²) in [7, 11) is 0. The van der Waals surface area contributed by atoms with Crippen molar-refractivity contribution in [3.63, 3.8) is 0 Å². The molecule has 0 aliphatic heterocycles. The molecule has 2 N–H and O–H groups in total. The molecule has 6 heteroatoms. The summed E-state index contributed by atoms with van der Waals surface area (Å²) in [5.74, 6) is 0.905. The van der Waals surface area contributed by atoms with Crippen LogP contribution in [-0.2, 0) is 0 Å². The van der Waals surface area contributed by atoms with Crippen LogP contribution in [0.3, 0.4) is 0 Å². The number of hydrogen-bond donors (Lipinski definition) is 2. The van der Waals surface area contributed by atoms with Crippen molar-refractivity contribution in [2.75, 3.05) is 6.61 Å². The number of halogens is 1. The Bertz CT molecular complexity index is 1010. The smallest absolute Gasteiger partial charge is 0.251 e. The highest BCUT2D eigenvalue weighted by Gasteiger charge is 2.21. The molecule has 0 aliphatic rings. The third kappa shape index (κ3) is 4.86. The topological polar surface area (TPSA) is 67.2 Å². The maximum Gasteiger partial charge on any atom is 0.251 e. The van der Waals surface area contributed by atoms with Crippen LogP contribution in [0.25, 0.3) is 16.8 Å².